The van der Waals surface area contributed by atoms with Crippen molar-refractivity contribution >= 4 is 34.1 Å². The summed E-state index contributed by atoms with van der Waals surface area (Å²) in [5.74, 6) is -0.600. The summed E-state index contributed by atoms with van der Waals surface area (Å²) in [6.45, 7) is 0. The molecule has 0 bridgehead atoms. The van der Waals surface area contributed by atoms with Crippen molar-refractivity contribution in [3.05, 3.63) is 76.5 Å². The summed E-state index contributed by atoms with van der Waals surface area (Å²) in [6.07, 6.45) is 1.34. The Morgan fingerprint density at radius 3 is 2.60 bits per heavy atom. The van der Waals surface area contributed by atoms with Gasteiger partial charge in [0.05, 0.1) is 16.2 Å². The van der Waals surface area contributed by atoms with Gasteiger partial charge in [-0.25, -0.2) is 9.98 Å². The fourth-order valence-corrected chi connectivity index (χ4v) is 2.36. The molecule has 0 spiro atoms. The lowest BCUT2D eigenvalue weighted by Crippen LogP contribution is -2.36. The third kappa shape index (κ3) is 3.42. The SMILES string of the molecule is NC(=Nc1ccccc1)NC(=O)c1ccnc2c([N+](=O)[O-])cccc12. The van der Waals surface area contributed by atoms with Gasteiger partial charge in [0.15, 0.2) is 0 Å². The van der Waals surface area contributed by atoms with Crippen molar-refractivity contribution in [2.24, 2.45) is 10.7 Å². The average Bonchev–Trinajstić information content (AvgIpc) is 2.61. The number of carbonyl (C=O) groups is 1. The third-order valence-electron chi connectivity index (χ3n) is 3.44. The van der Waals surface area contributed by atoms with E-state index in [9.17, 15) is 14.9 Å². The predicted molar refractivity (Wildman–Crippen MR) is 93.6 cm³/mol. The highest BCUT2D eigenvalue weighted by Crippen LogP contribution is 2.25. The van der Waals surface area contributed by atoms with E-state index in [1.165, 1.54) is 24.4 Å². The topological polar surface area (TPSA) is 124 Å². The zero-order valence-electron chi connectivity index (χ0n) is 12.9. The van der Waals surface area contributed by atoms with E-state index in [0.717, 1.165) is 0 Å². The van der Waals surface area contributed by atoms with Crippen LogP contribution in [0.15, 0.2) is 65.8 Å². The smallest absolute Gasteiger partial charge is 0.295 e. The number of carbonyl (C=O) groups excluding carboxylic acids is 1. The zero-order valence-corrected chi connectivity index (χ0v) is 12.9. The number of aliphatic imine (C=N–C) groups is 1. The highest BCUT2D eigenvalue weighted by Gasteiger charge is 2.18. The van der Waals surface area contributed by atoms with Crippen LogP contribution in [0.25, 0.3) is 10.9 Å². The highest BCUT2D eigenvalue weighted by atomic mass is 16.6. The van der Waals surface area contributed by atoms with Gasteiger partial charge < -0.3 is 5.73 Å². The summed E-state index contributed by atoms with van der Waals surface area (Å²) in [4.78, 5) is 31.1. The Hall–Kier alpha value is -3.81. The van der Waals surface area contributed by atoms with E-state index >= 15 is 0 Å². The van der Waals surface area contributed by atoms with Crippen LogP contribution in [0.1, 0.15) is 10.4 Å². The van der Waals surface area contributed by atoms with Crippen molar-refractivity contribution in [2.45, 2.75) is 0 Å². The number of para-hydroxylation sites is 2. The van der Waals surface area contributed by atoms with Gasteiger partial charge >= 0.3 is 0 Å². The fourth-order valence-electron chi connectivity index (χ4n) is 2.36. The Balaban J connectivity index is 1.94. The largest absolute Gasteiger partial charge is 0.369 e. The minimum Gasteiger partial charge on any atom is -0.369 e. The van der Waals surface area contributed by atoms with E-state index in [-0.39, 0.29) is 22.7 Å². The standard InChI is InChI=1S/C17H13N5O3/c18-17(20-11-5-2-1-3-6-11)21-16(23)13-9-10-19-15-12(13)7-4-8-14(15)22(24)25/h1-10H,(H3,18,20,21,23). The molecule has 0 radical (unpaired) electrons. The number of non-ortho nitro benzene ring substituents is 1. The molecule has 0 aliphatic heterocycles. The number of guanidine groups is 1. The normalized spacial score (nSPS) is 11.3. The number of nitrogens with one attached hydrogen (secondary N) is 1. The van der Waals surface area contributed by atoms with Crippen LogP contribution in [0.2, 0.25) is 0 Å². The summed E-state index contributed by atoms with van der Waals surface area (Å²) in [5.41, 5.74) is 6.54. The van der Waals surface area contributed by atoms with Gasteiger partial charge in [-0.1, -0.05) is 30.3 Å². The van der Waals surface area contributed by atoms with Crippen LogP contribution in [0.3, 0.4) is 0 Å². The molecule has 8 heteroatoms. The van der Waals surface area contributed by atoms with Gasteiger partial charge in [-0.2, -0.15) is 0 Å². The number of nitro benzene ring substituents is 1. The second-order valence-electron chi connectivity index (χ2n) is 5.08. The minimum atomic E-state index is -0.539. The number of aromatic nitrogens is 1. The van der Waals surface area contributed by atoms with Crippen LogP contribution in [-0.4, -0.2) is 21.8 Å². The first kappa shape index (κ1) is 16.1. The molecule has 0 fully saturated rings. The number of rotatable bonds is 3. The molecule has 3 N–H and O–H groups in total. The van der Waals surface area contributed by atoms with Crippen molar-refractivity contribution in [2.75, 3.05) is 0 Å². The van der Waals surface area contributed by atoms with Gasteiger partial charge in [-0.3, -0.25) is 20.2 Å². The Bertz CT molecular complexity index is 986. The molecule has 8 nitrogen and oxygen atoms in total. The molecular formula is C17H13N5O3. The lowest BCUT2D eigenvalue weighted by molar-refractivity contribution is -0.383. The van der Waals surface area contributed by atoms with E-state index in [2.05, 4.69) is 15.3 Å². The first-order valence-electron chi connectivity index (χ1n) is 7.29. The van der Waals surface area contributed by atoms with Crippen LogP contribution in [-0.2, 0) is 0 Å². The van der Waals surface area contributed by atoms with Gasteiger partial charge in [-0.05, 0) is 18.2 Å². The molecule has 0 unspecified atom stereocenters. The van der Waals surface area contributed by atoms with Gasteiger partial charge in [0.25, 0.3) is 11.6 Å². The molecule has 3 rings (SSSR count). The van der Waals surface area contributed by atoms with E-state index in [1.807, 2.05) is 6.07 Å². The highest BCUT2D eigenvalue weighted by molar-refractivity contribution is 6.13. The second kappa shape index (κ2) is 6.75. The summed E-state index contributed by atoms with van der Waals surface area (Å²) in [6, 6.07) is 14.8. The summed E-state index contributed by atoms with van der Waals surface area (Å²) < 4.78 is 0. The number of nitrogens with zero attached hydrogens (tertiary/aromatic N) is 3. The van der Waals surface area contributed by atoms with Crippen molar-refractivity contribution in [1.29, 1.82) is 0 Å². The van der Waals surface area contributed by atoms with Crippen LogP contribution in [0, 0.1) is 10.1 Å². The van der Waals surface area contributed by atoms with Crippen molar-refractivity contribution < 1.29 is 9.72 Å². The van der Waals surface area contributed by atoms with E-state index < -0.39 is 10.8 Å². The zero-order chi connectivity index (χ0) is 17.8. The van der Waals surface area contributed by atoms with Crippen LogP contribution < -0.4 is 11.1 Å². The first-order chi connectivity index (χ1) is 12.1. The van der Waals surface area contributed by atoms with E-state index in [4.69, 9.17) is 5.73 Å². The second-order valence-corrected chi connectivity index (χ2v) is 5.08. The monoisotopic (exact) mass is 335 g/mol. The van der Waals surface area contributed by atoms with Crippen molar-refractivity contribution in [3.63, 3.8) is 0 Å². The number of benzene rings is 2. The quantitative estimate of drug-likeness (QED) is 0.329. The molecule has 0 saturated heterocycles. The molecule has 1 heterocycles. The van der Waals surface area contributed by atoms with Crippen LogP contribution in [0.5, 0.6) is 0 Å². The van der Waals surface area contributed by atoms with Gasteiger partial charge in [0.2, 0.25) is 5.96 Å². The Morgan fingerprint density at radius 1 is 1.12 bits per heavy atom. The molecule has 1 amide bonds. The van der Waals surface area contributed by atoms with Gasteiger partial charge in [0.1, 0.15) is 5.52 Å². The first-order valence-corrected chi connectivity index (χ1v) is 7.29. The number of fused-ring (bicyclic) bond motifs is 1. The molecule has 0 aliphatic carbocycles. The molecule has 124 valence electrons. The van der Waals surface area contributed by atoms with Crippen LogP contribution in [0.4, 0.5) is 11.4 Å². The average molecular weight is 335 g/mol. The van der Waals surface area contributed by atoms with Gasteiger partial charge in [-0.15, -0.1) is 0 Å². The Kier molecular flexibility index (Phi) is 4.34. The number of nitro groups is 1. The molecule has 1 aromatic heterocycles. The third-order valence-corrected chi connectivity index (χ3v) is 3.44. The number of hydrogen-bond donors (Lipinski definition) is 2. The summed E-state index contributed by atoms with van der Waals surface area (Å²) >= 11 is 0. The van der Waals surface area contributed by atoms with Gasteiger partial charge in [0, 0.05) is 17.6 Å². The maximum absolute atomic E-state index is 12.5. The fraction of sp³-hybridized carbons (Fsp3) is 0. The molecule has 2 aromatic carbocycles. The number of hydrogen-bond acceptors (Lipinski definition) is 5. The molecule has 0 atom stereocenters. The molecule has 0 aliphatic rings. The van der Waals surface area contributed by atoms with E-state index in [1.54, 1.807) is 30.3 Å². The predicted octanol–water partition coefficient (Wildman–Crippen LogP) is 2.52. The summed E-state index contributed by atoms with van der Waals surface area (Å²) in [5, 5.41) is 13.9. The summed E-state index contributed by atoms with van der Waals surface area (Å²) in [7, 11) is 0. The minimum absolute atomic E-state index is 0.0772. The molecule has 0 saturated carbocycles. The lowest BCUT2D eigenvalue weighted by atomic mass is 10.1. The number of nitrogens with two attached hydrogens (primary N) is 1. The maximum atomic E-state index is 12.5. The lowest BCUT2D eigenvalue weighted by Gasteiger charge is -2.07. The van der Waals surface area contributed by atoms with Crippen molar-refractivity contribution in [3.8, 4) is 0 Å². The molecule has 3 aromatic rings. The van der Waals surface area contributed by atoms with Crippen molar-refractivity contribution in [1.82, 2.24) is 10.3 Å². The Morgan fingerprint density at radius 2 is 1.88 bits per heavy atom. The number of amides is 1. The van der Waals surface area contributed by atoms with E-state index in [0.29, 0.717) is 11.1 Å². The van der Waals surface area contributed by atoms with Crippen LogP contribution >= 0.6 is 0 Å². The number of pyridine rings is 1. The Labute approximate surface area is 142 Å². The maximum Gasteiger partial charge on any atom is 0.295 e. The molecular weight excluding hydrogens is 322 g/mol. The molecule has 25 heavy (non-hydrogen) atoms.